The summed E-state index contributed by atoms with van der Waals surface area (Å²) in [6.07, 6.45) is 1.67. The Hall–Kier alpha value is -3.63. The van der Waals surface area contributed by atoms with Crippen LogP contribution >= 0.6 is 0 Å². The molecule has 1 aliphatic heterocycles. The molecule has 1 aromatic carbocycles. The highest BCUT2D eigenvalue weighted by atomic mass is 19.4. The molecular weight excluding hydrogens is 497 g/mol. The molecule has 0 bridgehead atoms. The summed E-state index contributed by atoms with van der Waals surface area (Å²) in [6.45, 7) is 3.40. The van der Waals surface area contributed by atoms with Crippen LogP contribution in [0.4, 0.5) is 13.2 Å². The highest BCUT2D eigenvalue weighted by Gasteiger charge is 2.40. The van der Waals surface area contributed by atoms with Gasteiger partial charge < -0.3 is 10.2 Å². The van der Waals surface area contributed by atoms with Crippen molar-refractivity contribution in [3.05, 3.63) is 59.0 Å². The maximum absolute atomic E-state index is 13.4. The Kier molecular flexibility index (Phi) is 7.02. The van der Waals surface area contributed by atoms with Gasteiger partial charge in [-0.15, -0.1) is 0 Å². The third-order valence-electron chi connectivity index (χ3n) is 8.05. The van der Waals surface area contributed by atoms with Crippen molar-refractivity contribution in [1.82, 2.24) is 30.6 Å². The van der Waals surface area contributed by atoms with Gasteiger partial charge in [0.1, 0.15) is 11.4 Å². The minimum absolute atomic E-state index is 0.0153. The maximum Gasteiger partial charge on any atom is 0.417 e. The Labute approximate surface area is 218 Å². The van der Waals surface area contributed by atoms with Gasteiger partial charge in [0.15, 0.2) is 0 Å². The number of nitrogens with zero attached hydrogens (tertiary/aromatic N) is 3. The average Bonchev–Trinajstić information content (AvgIpc) is 3.60. The van der Waals surface area contributed by atoms with Crippen molar-refractivity contribution < 1.29 is 22.8 Å². The highest BCUT2D eigenvalue weighted by Crippen LogP contribution is 2.45. The Morgan fingerprint density at radius 1 is 1.05 bits per heavy atom. The zero-order valence-corrected chi connectivity index (χ0v) is 21.2. The molecule has 3 N–H and O–H groups in total. The van der Waals surface area contributed by atoms with E-state index >= 15 is 0 Å². The van der Waals surface area contributed by atoms with E-state index in [4.69, 9.17) is 0 Å². The van der Waals surface area contributed by atoms with Gasteiger partial charge in [-0.2, -0.15) is 23.4 Å². The van der Waals surface area contributed by atoms with E-state index in [0.29, 0.717) is 18.8 Å². The summed E-state index contributed by atoms with van der Waals surface area (Å²) in [6, 6.07) is 8.34. The molecule has 3 heterocycles. The van der Waals surface area contributed by atoms with Crippen LogP contribution in [0.15, 0.2) is 36.4 Å². The molecule has 2 aromatic heterocycles. The zero-order chi connectivity index (χ0) is 26.9. The number of hydrogen-bond donors (Lipinski definition) is 3. The lowest BCUT2D eigenvalue weighted by Gasteiger charge is -2.46. The molecule has 1 saturated heterocycles. The van der Waals surface area contributed by atoms with Gasteiger partial charge in [-0.05, 0) is 68.6 Å². The first-order valence-corrected chi connectivity index (χ1v) is 13.0. The number of carbonyl (C=O) groups excluding carboxylic acids is 2. The molecule has 1 saturated carbocycles. The second-order valence-electron chi connectivity index (χ2n) is 10.4. The van der Waals surface area contributed by atoms with Gasteiger partial charge in [0.05, 0.1) is 11.3 Å². The van der Waals surface area contributed by atoms with E-state index in [2.05, 4.69) is 25.7 Å². The minimum atomic E-state index is -4.52. The molecule has 202 valence electrons. The van der Waals surface area contributed by atoms with E-state index < -0.39 is 11.7 Å². The van der Waals surface area contributed by atoms with Crippen molar-refractivity contribution in [2.24, 2.45) is 5.41 Å². The van der Waals surface area contributed by atoms with Gasteiger partial charge in [0.2, 0.25) is 0 Å². The number of aromatic nitrogens is 4. The van der Waals surface area contributed by atoms with Gasteiger partial charge in [0.25, 0.3) is 11.8 Å². The number of halogens is 3. The van der Waals surface area contributed by atoms with Crippen molar-refractivity contribution in [3.8, 4) is 11.3 Å². The summed E-state index contributed by atoms with van der Waals surface area (Å²) < 4.78 is 40.1. The topological polar surface area (TPSA) is 107 Å². The summed E-state index contributed by atoms with van der Waals surface area (Å²) in [5, 5.41) is 16.6. The molecule has 0 atom stereocenters. The van der Waals surface area contributed by atoms with Crippen LogP contribution in [0, 0.1) is 5.41 Å². The number of H-pyrrole nitrogens is 2. The lowest BCUT2D eigenvalue weighted by molar-refractivity contribution is -0.137. The number of nitrogens with one attached hydrogen (secondary N) is 3. The molecule has 0 unspecified atom stereocenters. The van der Waals surface area contributed by atoms with Gasteiger partial charge in [-0.1, -0.05) is 25.1 Å². The average molecular weight is 529 g/mol. The van der Waals surface area contributed by atoms with E-state index in [1.165, 1.54) is 24.3 Å². The van der Waals surface area contributed by atoms with Crippen LogP contribution in [0.25, 0.3) is 11.3 Å². The smallest absolute Gasteiger partial charge is 0.348 e. The van der Waals surface area contributed by atoms with E-state index in [1.807, 2.05) is 17.9 Å². The number of amides is 2. The lowest BCUT2D eigenvalue weighted by atomic mass is 9.67. The van der Waals surface area contributed by atoms with Crippen LogP contribution in [0.2, 0.25) is 0 Å². The number of aromatic amines is 2. The van der Waals surface area contributed by atoms with Gasteiger partial charge >= 0.3 is 6.18 Å². The monoisotopic (exact) mass is 528 g/mol. The Morgan fingerprint density at radius 2 is 1.76 bits per heavy atom. The van der Waals surface area contributed by atoms with Crippen molar-refractivity contribution in [3.63, 3.8) is 0 Å². The van der Waals surface area contributed by atoms with Gasteiger partial charge in [0, 0.05) is 30.4 Å². The molecule has 2 amide bonds. The van der Waals surface area contributed by atoms with Crippen molar-refractivity contribution in [2.75, 3.05) is 13.1 Å². The van der Waals surface area contributed by atoms with Crippen LogP contribution in [0.1, 0.15) is 77.7 Å². The molecule has 2 fully saturated rings. The number of rotatable bonds is 5. The normalized spacial score (nSPS) is 18.1. The summed E-state index contributed by atoms with van der Waals surface area (Å²) in [7, 11) is 0. The fourth-order valence-electron chi connectivity index (χ4n) is 5.67. The van der Waals surface area contributed by atoms with E-state index in [1.54, 1.807) is 0 Å². The van der Waals surface area contributed by atoms with E-state index in [9.17, 15) is 22.8 Å². The molecule has 8 nitrogen and oxygen atoms in total. The third kappa shape index (κ3) is 5.32. The molecule has 1 aliphatic carbocycles. The predicted molar refractivity (Wildman–Crippen MR) is 134 cm³/mol. The second kappa shape index (κ2) is 10.3. The molecule has 2 aliphatic rings. The number of hydrogen-bond acceptors (Lipinski definition) is 4. The van der Waals surface area contributed by atoms with Crippen molar-refractivity contribution in [2.45, 2.75) is 64.1 Å². The van der Waals surface area contributed by atoms with Crippen molar-refractivity contribution in [1.29, 1.82) is 0 Å². The molecule has 11 heteroatoms. The largest absolute Gasteiger partial charge is 0.417 e. The molecule has 1 spiro atoms. The summed E-state index contributed by atoms with van der Waals surface area (Å²) in [4.78, 5) is 27.5. The second-order valence-corrected chi connectivity index (χ2v) is 10.4. The van der Waals surface area contributed by atoms with Crippen LogP contribution < -0.4 is 5.32 Å². The number of piperidine rings is 1. The first-order chi connectivity index (χ1) is 18.2. The van der Waals surface area contributed by atoms with Crippen LogP contribution in [-0.4, -0.2) is 56.2 Å². The van der Waals surface area contributed by atoms with E-state index in [0.717, 1.165) is 56.7 Å². The zero-order valence-electron chi connectivity index (χ0n) is 21.2. The number of benzene rings is 1. The number of alkyl halides is 3. The predicted octanol–water partition coefficient (Wildman–Crippen LogP) is 4.98. The first kappa shape index (κ1) is 26.0. The lowest BCUT2D eigenvalue weighted by Crippen LogP contribution is -2.47. The highest BCUT2D eigenvalue weighted by molar-refractivity contribution is 5.94. The van der Waals surface area contributed by atoms with Crippen LogP contribution in [0.3, 0.4) is 0 Å². The Balaban J connectivity index is 1.14. The van der Waals surface area contributed by atoms with Gasteiger partial charge in [-0.25, -0.2) is 0 Å². The van der Waals surface area contributed by atoms with E-state index in [-0.39, 0.29) is 40.2 Å². The number of likely N-dealkylation sites (tertiary alicyclic amines) is 1. The molecule has 0 radical (unpaired) electrons. The number of carbonyl (C=O) groups is 2. The summed E-state index contributed by atoms with van der Waals surface area (Å²) >= 11 is 0. The summed E-state index contributed by atoms with van der Waals surface area (Å²) in [5.41, 5.74) is 0.923. The van der Waals surface area contributed by atoms with Crippen LogP contribution in [-0.2, 0) is 12.6 Å². The Morgan fingerprint density at radius 3 is 2.42 bits per heavy atom. The molecule has 38 heavy (non-hydrogen) atoms. The van der Waals surface area contributed by atoms with Crippen molar-refractivity contribution >= 4 is 11.8 Å². The third-order valence-corrected chi connectivity index (χ3v) is 8.05. The molecule has 3 aromatic rings. The summed E-state index contributed by atoms with van der Waals surface area (Å²) in [5.74, 6) is -0.409. The fraction of sp³-hybridized carbons (Fsp3) is 0.481. The Bertz CT molecular complexity index is 1300. The quantitative estimate of drug-likeness (QED) is 0.434. The molecular formula is C27H31F3N6O2. The van der Waals surface area contributed by atoms with Crippen LogP contribution in [0.5, 0.6) is 0 Å². The SMILES string of the molecule is CCc1cc(C(=O)N2CCC3(CCC(NC(=O)c4cc(-c5ccccc5C(F)(F)F)n[nH]4)CC3)CC2)n[nH]1. The molecule has 5 rings (SSSR count). The van der Waals surface area contributed by atoms with Gasteiger partial charge in [-0.3, -0.25) is 19.8 Å². The maximum atomic E-state index is 13.4. The first-order valence-electron chi connectivity index (χ1n) is 13.0. The fourth-order valence-corrected chi connectivity index (χ4v) is 5.67. The number of aryl methyl sites for hydroxylation is 1. The standard InChI is InChI=1S/C27H31F3N6O2/c1-2-17-15-23(35-32-17)25(38)36-13-11-26(12-14-36)9-7-18(8-10-26)31-24(37)22-16-21(33-34-22)19-5-3-4-6-20(19)27(28,29)30/h3-6,15-16,18H,2,7-14H2,1H3,(H,31,37)(H,32,35)(H,33,34). The minimum Gasteiger partial charge on any atom is -0.348 e.